The van der Waals surface area contributed by atoms with Gasteiger partial charge >= 0.3 is 0 Å². The summed E-state index contributed by atoms with van der Waals surface area (Å²) in [5.74, 6) is 0.0895. The van der Waals surface area contributed by atoms with Crippen LogP contribution >= 0.6 is 23.1 Å². The van der Waals surface area contributed by atoms with E-state index in [1.807, 2.05) is 35.7 Å². The summed E-state index contributed by atoms with van der Waals surface area (Å²) in [6.45, 7) is 1.15. The van der Waals surface area contributed by atoms with Crippen molar-refractivity contribution < 1.29 is 9.59 Å². The van der Waals surface area contributed by atoms with E-state index in [0.717, 1.165) is 41.9 Å². The minimum Gasteiger partial charge on any atom is -0.355 e. The van der Waals surface area contributed by atoms with Gasteiger partial charge in [-0.05, 0) is 42.8 Å². The van der Waals surface area contributed by atoms with Crippen LogP contribution in [-0.4, -0.2) is 29.7 Å². The van der Waals surface area contributed by atoms with Crippen LogP contribution in [0.1, 0.15) is 41.8 Å². The minimum atomic E-state index is -0.346. The first-order valence-electron chi connectivity index (χ1n) is 9.04. The van der Waals surface area contributed by atoms with E-state index in [4.69, 9.17) is 0 Å². The van der Waals surface area contributed by atoms with Gasteiger partial charge in [-0.25, -0.2) is 0 Å². The second kappa shape index (κ2) is 9.24. The van der Waals surface area contributed by atoms with Crippen LogP contribution in [0.3, 0.4) is 0 Å². The lowest BCUT2D eigenvalue weighted by Crippen LogP contribution is -2.43. The Morgan fingerprint density at radius 2 is 1.73 bits per heavy atom. The Labute approximate surface area is 162 Å². The zero-order valence-electron chi connectivity index (χ0n) is 14.7. The van der Waals surface area contributed by atoms with Gasteiger partial charge in [0, 0.05) is 18.0 Å². The summed E-state index contributed by atoms with van der Waals surface area (Å²) >= 11 is 3.13. The highest BCUT2D eigenvalue weighted by Crippen LogP contribution is 2.45. The van der Waals surface area contributed by atoms with Gasteiger partial charge in [0.2, 0.25) is 5.91 Å². The van der Waals surface area contributed by atoms with E-state index in [2.05, 4.69) is 22.8 Å². The molecule has 138 valence electrons. The van der Waals surface area contributed by atoms with E-state index in [0.29, 0.717) is 13.1 Å². The third-order valence-corrected chi connectivity index (χ3v) is 6.91. The molecule has 0 aliphatic heterocycles. The fourth-order valence-electron chi connectivity index (χ4n) is 3.18. The molecule has 1 fully saturated rings. The van der Waals surface area contributed by atoms with Crippen molar-refractivity contribution in [2.45, 2.75) is 41.7 Å². The lowest BCUT2D eigenvalue weighted by atomic mass is 10.1. The van der Waals surface area contributed by atoms with Crippen LogP contribution in [0, 0.1) is 0 Å². The van der Waals surface area contributed by atoms with Crippen LogP contribution in [-0.2, 0) is 4.79 Å². The van der Waals surface area contributed by atoms with Crippen molar-refractivity contribution in [2.75, 3.05) is 13.1 Å². The van der Waals surface area contributed by atoms with Gasteiger partial charge < -0.3 is 10.6 Å². The van der Waals surface area contributed by atoms with E-state index < -0.39 is 0 Å². The third kappa shape index (κ3) is 4.89. The predicted molar refractivity (Wildman–Crippen MR) is 108 cm³/mol. The van der Waals surface area contributed by atoms with Crippen molar-refractivity contribution in [1.29, 1.82) is 0 Å². The van der Waals surface area contributed by atoms with E-state index in [-0.39, 0.29) is 16.6 Å². The number of hydrogen-bond acceptors (Lipinski definition) is 4. The van der Waals surface area contributed by atoms with Crippen molar-refractivity contribution in [3.8, 4) is 0 Å². The average molecular weight is 389 g/mol. The number of nitrogens with one attached hydrogen (secondary N) is 2. The number of hydrogen-bond donors (Lipinski definition) is 2. The summed E-state index contributed by atoms with van der Waals surface area (Å²) in [7, 11) is 0. The van der Waals surface area contributed by atoms with Gasteiger partial charge in [-0.3, -0.25) is 9.59 Å². The van der Waals surface area contributed by atoms with Gasteiger partial charge in [-0.1, -0.05) is 37.1 Å². The highest BCUT2D eigenvalue weighted by atomic mass is 32.2. The summed E-state index contributed by atoms with van der Waals surface area (Å²) in [5, 5.41) is 7.87. The number of carbonyl (C=O) groups excluding carboxylic acids is 2. The number of amides is 2. The molecule has 26 heavy (non-hydrogen) atoms. The quantitative estimate of drug-likeness (QED) is 0.670. The van der Waals surface area contributed by atoms with E-state index in [1.165, 1.54) is 11.3 Å². The molecule has 1 aromatic heterocycles. The topological polar surface area (TPSA) is 58.2 Å². The molecule has 0 radical (unpaired) electrons. The molecular weight excluding hydrogens is 364 g/mol. The molecule has 2 amide bonds. The summed E-state index contributed by atoms with van der Waals surface area (Å²) < 4.78 is -0.346. The molecule has 1 aliphatic carbocycles. The normalized spacial score (nSPS) is 15.5. The fraction of sp³-hybridized carbons (Fsp3) is 0.400. The number of thiophene rings is 1. The standard InChI is InChI=1S/C20H24N2O2S2/c23-18(17-10-6-15-25-17)21-13-7-14-22-19(24)20(11-4-5-12-20)26-16-8-2-1-3-9-16/h1-3,6,8-10,15H,4-5,7,11-14H2,(H,21,23)(H,22,24). The zero-order valence-corrected chi connectivity index (χ0v) is 16.3. The van der Waals surface area contributed by atoms with Gasteiger partial charge in [0.25, 0.3) is 5.91 Å². The first kappa shape index (κ1) is 19.0. The van der Waals surface area contributed by atoms with E-state index in [9.17, 15) is 9.59 Å². The smallest absolute Gasteiger partial charge is 0.261 e. The lowest BCUT2D eigenvalue weighted by Gasteiger charge is -2.27. The first-order chi connectivity index (χ1) is 12.7. The van der Waals surface area contributed by atoms with Gasteiger partial charge in [-0.2, -0.15) is 0 Å². The molecule has 3 rings (SSSR count). The fourth-order valence-corrected chi connectivity index (χ4v) is 5.23. The summed E-state index contributed by atoms with van der Waals surface area (Å²) in [4.78, 5) is 26.6. The maximum atomic E-state index is 12.8. The van der Waals surface area contributed by atoms with Crippen LogP contribution < -0.4 is 10.6 Å². The number of benzene rings is 1. The number of rotatable bonds is 8. The van der Waals surface area contributed by atoms with Crippen LogP contribution in [0.15, 0.2) is 52.7 Å². The van der Waals surface area contributed by atoms with Gasteiger partial charge in [0.15, 0.2) is 0 Å². The Kier molecular flexibility index (Phi) is 6.74. The van der Waals surface area contributed by atoms with Gasteiger partial charge in [0.05, 0.1) is 9.62 Å². The van der Waals surface area contributed by atoms with Crippen molar-refractivity contribution in [2.24, 2.45) is 0 Å². The van der Waals surface area contributed by atoms with Crippen molar-refractivity contribution in [3.05, 3.63) is 52.7 Å². The summed E-state index contributed by atoms with van der Waals surface area (Å²) in [5.41, 5.74) is 0. The Balaban J connectivity index is 1.44. The second-order valence-electron chi connectivity index (χ2n) is 6.46. The lowest BCUT2D eigenvalue weighted by molar-refractivity contribution is -0.123. The highest BCUT2D eigenvalue weighted by molar-refractivity contribution is 8.01. The number of thioether (sulfide) groups is 1. The molecule has 6 heteroatoms. The summed E-state index contributed by atoms with van der Waals surface area (Å²) in [6.07, 6.45) is 4.78. The van der Waals surface area contributed by atoms with Crippen LogP contribution in [0.25, 0.3) is 0 Å². The molecule has 0 bridgehead atoms. The van der Waals surface area contributed by atoms with Crippen LogP contribution in [0.2, 0.25) is 0 Å². The maximum Gasteiger partial charge on any atom is 0.261 e. The molecule has 0 atom stereocenters. The second-order valence-corrected chi connectivity index (χ2v) is 8.86. The predicted octanol–water partition coefficient (Wildman–Crippen LogP) is 4.09. The van der Waals surface area contributed by atoms with Gasteiger partial charge in [0.1, 0.15) is 0 Å². The molecule has 1 heterocycles. The molecule has 0 saturated heterocycles. The van der Waals surface area contributed by atoms with E-state index in [1.54, 1.807) is 11.8 Å². The average Bonchev–Trinajstić information content (AvgIpc) is 3.34. The molecule has 1 aromatic carbocycles. The molecule has 2 N–H and O–H groups in total. The zero-order chi connectivity index (χ0) is 18.2. The van der Waals surface area contributed by atoms with Crippen LogP contribution in [0.5, 0.6) is 0 Å². The van der Waals surface area contributed by atoms with Gasteiger partial charge in [-0.15, -0.1) is 23.1 Å². The molecule has 1 saturated carbocycles. The Bertz CT molecular complexity index is 711. The largest absolute Gasteiger partial charge is 0.355 e. The first-order valence-corrected chi connectivity index (χ1v) is 10.7. The monoisotopic (exact) mass is 388 g/mol. The Morgan fingerprint density at radius 1 is 1.00 bits per heavy atom. The third-order valence-electron chi connectivity index (χ3n) is 4.55. The molecular formula is C20H24N2O2S2. The highest BCUT2D eigenvalue weighted by Gasteiger charge is 2.41. The SMILES string of the molecule is O=C(NCCCNC(=O)C1(Sc2ccccc2)CCCC1)c1cccs1. The minimum absolute atomic E-state index is 0.0433. The van der Waals surface area contributed by atoms with Crippen LogP contribution in [0.4, 0.5) is 0 Å². The van der Waals surface area contributed by atoms with Crippen molar-refractivity contribution in [3.63, 3.8) is 0 Å². The van der Waals surface area contributed by atoms with E-state index >= 15 is 0 Å². The number of carbonyl (C=O) groups is 2. The molecule has 0 spiro atoms. The maximum absolute atomic E-state index is 12.8. The Morgan fingerprint density at radius 3 is 2.42 bits per heavy atom. The van der Waals surface area contributed by atoms with Crippen molar-refractivity contribution >= 4 is 34.9 Å². The molecule has 4 nitrogen and oxygen atoms in total. The summed E-state index contributed by atoms with van der Waals surface area (Å²) in [6, 6.07) is 13.8. The Hall–Kier alpha value is -1.79. The molecule has 1 aliphatic rings. The molecule has 0 unspecified atom stereocenters. The van der Waals surface area contributed by atoms with Crippen molar-refractivity contribution in [1.82, 2.24) is 10.6 Å². The molecule has 2 aromatic rings.